The van der Waals surface area contributed by atoms with Crippen molar-refractivity contribution in [3.63, 3.8) is 0 Å². The van der Waals surface area contributed by atoms with Crippen LogP contribution in [0.15, 0.2) is 64.3 Å². The summed E-state index contributed by atoms with van der Waals surface area (Å²) in [6.07, 6.45) is 8.62. The fourth-order valence-electron chi connectivity index (χ4n) is 7.19. The second-order valence-electron chi connectivity index (χ2n) is 12.5. The lowest BCUT2D eigenvalue weighted by Crippen LogP contribution is -2.47. The number of methoxy groups -OCH3 is 2. The van der Waals surface area contributed by atoms with Crippen molar-refractivity contribution >= 4 is 27.3 Å². The zero-order chi connectivity index (χ0) is 31.6. The first-order chi connectivity index (χ1) is 21.8. The minimum Gasteiger partial charge on any atom is -0.497 e. The summed E-state index contributed by atoms with van der Waals surface area (Å²) < 4.78 is 43.3. The number of nitrogens with one attached hydrogen (secondary N) is 2. The van der Waals surface area contributed by atoms with Gasteiger partial charge in [-0.05, 0) is 61.6 Å². The molecule has 3 aromatic rings. The molecule has 6 rings (SSSR count). The quantitative estimate of drug-likeness (QED) is 0.353. The second-order valence-corrected chi connectivity index (χ2v) is 14.1. The number of hydrogen-bond acceptors (Lipinski definition) is 7. The number of rotatable bonds is 8. The molecule has 0 spiro atoms. The van der Waals surface area contributed by atoms with Crippen LogP contribution in [0.4, 0.5) is 11.4 Å². The third-order valence-electron chi connectivity index (χ3n) is 9.42. The fraction of sp³-hybridized carbons (Fsp3) is 0.471. The van der Waals surface area contributed by atoms with Crippen LogP contribution in [0.1, 0.15) is 73.3 Å². The number of benzene rings is 2. The van der Waals surface area contributed by atoms with Crippen LogP contribution in [0.3, 0.4) is 0 Å². The van der Waals surface area contributed by atoms with E-state index in [0.717, 1.165) is 37.8 Å². The lowest BCUT2D eigenvalue weighted by molar-refractivity contribution is 0.0930. The molecular formula is C34H42N4O6S. The van der Waals surface area contributed by atoms with Gasteiger partial charge in [0.05, 0.1) is 25.6 Å². The predicted octanol–water partition coefficient (Wildman–Crippen LogP) is 5.13. The summed E-state index contributed by atoms with van der Waals surface area (Å²) in [5.41, 5.74) is 2.41. The predicted molar refractivity (Wildman–Crippen MR) is 174 cm³/mol. The van der Waals surface area contributed by atoms with Gasteiger partial charge < -0.3 is 24.3 Å². The Labute approximate surface area is 264 Å². The van der Waals surface area contributed by atoms with Crippen molar-refractivity contribution < 1.29 is 22.7 Å². The molecule has 1 aromatic heterocycles. The van der Waals surface area contributed by atoms with Crippen LogP contribution < -0.4 is 30.0 Å². The van der Waals surface area contributed by atoms with Crippen LogP contribution >= 0.6 is 0 Å². The zero-order valence-electron chi connectivity index (χ0n) is 26.0. The highest BCUT2D eigenvalue weighted by Gasteiger charge is 2.36. The number of amides is 1. The highest BCUT2D eigenvalue weighted by molar-refractivity contribution is 7.92. The Kier molecular flexibility index (Phi) is 9.07. The van der Waals surface area contributed by atoms with E-state index in [9.17, 15) is 18.0 Å². The third-order valence-corrected chi connectivity index (χ3v) is 10.8. The van der Waals surface area contributed by atoms with Crippen molar-refractivity contribution in [2.45, 2.75) is 74.8 Å². The van der Waals surface area contributed by atoms with E-state index in [4.69, 9.17) is 9.47 Å². The molecule has 0 radical (unpaired) electrons. The number of aromatic nitrogens is 1. The zero-order valence-corrected chi connectivity index (χ0v) is 26.8. The average Bonchev–Trinajstić information content (AvgIpc) is 3.02. The summed E-state index contributed by atoms with van der Waals surface area (Å²) in [6, 6.07) is 15.4. The van der Waals surface area contributed by atoms with Crippen molar-refractivity contribution in [2.75, 3.05) is 36.9 Å². The van der Waals surface area contributed by atoms with Crippen molar-refractivity contribution in [1.29, 1.82) is 0 Å². The maximum Gasteiger partial charge on any atom is 0.265 e. The number of sulfonamides is 1. The Morgan fingerprint density at radius 3 is 2.42 bits per heavy atom. The van der Waals surface area contributed by atoms with Crippen LogP contribution in [0, 0.1) is 5.92 Å². The van der Waals surface area contributed by atoms with Gasteiger partial charge in [0.1, 0.15) is 16.4 Å². The van der Waals surface area contributed by atoms with E-state index in [2.05, 4.69) is 14.9 Å². The van der Waals surface area contributed by atoms with E-state index >= 15 is 0 Å². The molecule has 11 heteroatoms. The molecule has 1 amide bonds. The standard InChI is InChI=1S/C34H42N4O6S/c1-43-27-14-16-31(44-2)32(19-27)45(41,42)36-28-18-24(34(40)35-26-9-6-4-3-5-7-10-26)13-15-30(28)37-20-23-17-25(22-37)29-11-8-12-33(39)38(29)21-23/h8,11-16,18-19,23,25-26,36H,3-7,9-10,17,20-22H2,1-2H3,(H,35,40). The fourth-order valence-corrected chi connectivity index (χ4v) is 8.44. The molecule has 2 N–H and O–H groups in total. The van der Waals surface area contributed by atoms with E-state index in [0.29, 0.717) is 42.3 Å². The van der Waals surface area contributed by atoms with Gasteiger partial charge in [0, 0.05) is 55.0 Å². The Morgan fingerprint density at radius 1 is 0.889 bits per heavy atom. The van der Waals surface area contributed by atoms with Gasteiger partial charge in [0.2, 0.25) is 0 Å². The van der Waals surface area contributed by atoms with Crippen LogP contribution in [-0.4, -0.2) is 52.2 Å². The summed E-state index contributed by atoms with van der Waals surface area (Å²) in [4.78, 5) is 28.2. The SMILES string of the molecule is COc1ccc(OC)c(S(=O)(=O)Nc2cc(C(=O)NC3CCCCCCC3)ccc2N2CC3CC(C2)c2cccc(=O)n2C3)c1. The minimum atomic E-state index is -4.16. The first-order valence-electron chi connectivity index (χ1n) is 15.9. The van der Waals surface area contributed by atoms with E-state index < -0.39 is 10.0 Å². The summed E-state index contributed by atoms with van der Waals surface area (Å²) in [5.74, 6) is 0.688. The Balaban J connectivity index is 1.35. The minimum absolute atomic E-state index is 0.0102. The molecule has 2 unspecified atom stereocenters. The van der Waals surface area contributed by atoms with Gasteiger partial charge in [-0.2, -0.15) is 0 Å². The maximum atomic E-state index is 13.9. The first kappa shape index (κ1) is 31.0. The second kappa shape index (κ2) is 13.2. The van der Waals surface area contributed by atoms with E-state index in [-0.39, 0.29) is 40.0 Å². The topological polar surface area (TPSA) is 119 Å². The van der Waals surface area contributed by atoms with E-state index in [1.165, 1.54) is 39.5 Å². The molecule has 240 valence electrons. The van der Waals surface area contributed by atoms with Gasteiger partial charge in [0.15, 0.2) is 0 Å². The summed E-state index contributed by atoms with van der Waals surface area (Å²) in [7, 11) is -1.27. The van der Waals surface area contributed by atoms with Gasteiger partial charge in [-0.3, -0.25) is 14.3 Å². The van der Waals surface area contributed by atoms with Crippen molar-refractivity contribution in [1.82, 2.24) is 9.88 Å². The highest BCUT2D eigenvalue weighted by atomic mass is 32.2. The smallest absolute Gasteiger partial charge is 0.265 e. The monoisotopic (exact) mass is 634 g/mol. The molecule has 2 atom stereocenters. The van der Waals surface area contributed by atoms with Crippen molar-refractivity contribution in [3.8, 4) is 11.5 Å². The van der Waals surface area contributed by atoms with Gasteiger partial charge in [-0.25, -0.2) is 8.42 Å². The molecule has 1 aliphatic carbocycles. The molecule has 10 nitrogen and oxygen atoms in total. The third kappa shape index (κ3) is 6.68. The molecule has 2 fully saturated rings. The van der Waals surface area contributed by atoms with Crippen LogP contribution in [-0.2, 0) is 16.6 Å². The highest BCUT2D eigenvalue weighted by Crippen LogP contribution is 2.40. The van der Waals surface area contributed by atoms with Gasteiger partial charge in [0.25, 0.3) is 21.5 Å². The number of ether oxygens (including phenoxy) is 2. The van der Waals surface area contributed by atoms with Crippen LogP contribution in [0.5, 0.6) is 11.5 Å². The number of pyridine rings is 1. The molecule has 3 aliphatic rings. The maximum absolute atomic E-state index is 13.9. The molecule has 2 aromatic carbocycles. The summed E-state index contributed by atoms with van der Waals surface area (Å²) in [5, 5.41) is 3.21. The number of anilines is 2. The summed E-state index contributed by atoms with van der Waals surface area (Å²) >= 11 is 0. The molecule has 45 heavy (non-hydrogen) atoms. The normalized spacial score (nSPS) is 20.4. The molecule has 2 bridgehead atoms. The van der Waals surface area contributed by atoms with Crippen molar-refractivity contribution in [2.24, 2.45) is 5.92 Å². The van der Waals surface area contributed by atoms with Crippen molar-refractivity contribution in [3.05, 3.63) is 76.2 Å². The van der Waals surface area contributed by atoms with E-state index in [1.54, 1.807) is 36.4 Å². The number of hydrogen-bond donors (Lipinski definition) is 2. The largest absolute Gasteiger partial charge is 0.497 e. The van der Waals surface area contributed by atoms with Gasteiger partial charge in [-0.1, -0.05) is 38.2 Å². The van der Waals surface area contributed by atoms with Crippen LogP contribution in [0.25, 0.3) is 0 Å². The Morgan fingerprint density at radius 2 is 1.67 bits per heavy atom. The number of fused-ring (bicyclic) bond motifs is 4. The number of nitrogens with zero attached hydrogens (tertiary/aromatic N) is 2. The lowest BCUT2D eigenvalue weighted by Gasteiger charge is -2.44. The van der Waals surface area contributed by atoms with Gasteiger partial charge in [-0.15, -0.1) is 0 Å². The summed E-state index contributed by atoms with van der Waals surface area (Å²) in [6.45, 7) is 1.89. The molecular weight excluding hydrogens is 592 g/mol. The van der Waals surface area contributed by atoms with Crippen LogP contribution in [0.2, 0.25) is 0 Å². The van der Waals surface area contributed by atoms with E-state index in [1.807, 2.05) is 16.7 Å². The Hall–Kier alpha value is -3.99. The average molecular weight is 635 g/mol. The number of carbonyl (C=O) groups is 1. The Bertz CT molecular complexity index is 1710. The first-order valence-corrected chi connectivity index (χ1v) is 17.4. The molecule has 2 aliphatic heterocycles. The molecule has 1 saturated heterocycles. The van der Waals surface area contributed by atoms with Gasteiger partial charge >= 0.3 is 0 Å². The molecule has 3 heterocycles. The molecule has 1 saturated carbocycles. The number of carbonyl (C=O) groups excluding carboxylic acids is 1. The number of piperidine rings is 1. The lowest BCUT2D eigenvalue weighted by atomic mass is 9.83.